The lowest BCUT2D eigenvalue weighted by atomic mass is 10.1. The van der Waals surface area contributed by atoms with E-state index in [1.165, 1.54) is 0 Å². The maximum Gasteiger partial charge on any atom is 0.253 e. The minimum atomic E-state index is -0.239. The van der Waals surface area contributed by atoms with Gasteiger partial charge in [0.25, 0.3) is 5.91 Å². The fraction of sp³-hybridized carbons (Fsp3) is 0.500. The van der Waals surface area contributed by atoms with Gasteiger partial charge in [0.2, 0.25) is 0 Å². The molecule has 0 radical (unpaired) electrons. The molecule has 1 amide bonds. The summed E-state index contributed by atoms with van der Waals surface area (Å²) in [6, 6.07) is 5.17. The summed E-state index contributed by atoms with van der Waals surface area (Å²) in [6.45, 7) is 0.661. The Morgan fingerprint density at radius 1 is 1.47 bits per heavy atom. The number of amides is 1. The van der Waals surface area contributed by atoms with Gasteiger partial charge >= 0.3 is 0 Å². The van der Waals surface area contributed by atoms with Gasteiger partial charge < -0.3 is 21.5 Å². The summed E-state index contributed by atoms with van der Waals surface area (Å²) < 4.78 is 0. The third kappa shape index (κ3) is 3.17. The number of benzene rings is 1. The van der Waals surface area contributed by atoms with Crippen molar-refractivity contribution in [3.05, 3.63) is 23.8 Å². The molecule has 1 fully saturated rings. The summed E-state index contributed by atoms with van der Waals surface area (Å²) in [5.41, 5.74) is 7.67. The van der Waals surface area contributed by atoms with Crippen molar-refractivity contribution in [1.82, 2.24) is 5.32 Å². The fourth-order valence-corrected chi connectivity index (χ4v) is 2.54. The molecule has 1 aliphatic rings. The van der Waals surface area contributed by atoms with Crippen LogP contribution in [0.1, 0.15) is 29.6 Å². The van der Waals surface area contributed by atoms with E-state index in [0.29, 0.717) is 17.8 Å². The van der Waals surface area contributed by atoms with Crippen LogP contribution in [0.2, 0.25) is 0 Å². The van der Waals surface area contributed by atoms with Crippen LogP contribution in [-0.4, -0.2) is 30.7 Å². The Balaban J connectivity index is 2.09. The lowest BCUT2D eigenvalue weighted by Crippen LogP contribution is -2.24. The lowest BCUT2D eigenvalue weighted by Gasteiger charge is -2.18. The van der Waals surface area contributed by atoms with Crippen molar-refractivity contribution in [2.75, 3.05) is 24.6 Å². The van der Waals surface area contributed by atoms with Gasteiger partial charge in [-0.1, -0.05) is 6.42 Å². The molecule has 0 bridgehead atoms. The molecule has 2 unspecified atom stereocenters. The molecule has 0 heterocycles. The molecular weight excluding hydrogens is 242 g/mol. The van der Waals surface area contributed by atoms with E-state index in [9.17, 15) is 9.90 Å². The molecule has 0 spiro atoms. The maximum absolute atomic E-state index is 11.8. The zero-order chi connectivity index (χ0) is 13.8. The summed E-state index contributed by atoms with van der Waals surface area (Å²) >= 11 is 0. The molecule has 1 saturated carbocycles. The molecule has 5 nitrogen and oxygen atoms in total. The molecule has 1 aliphatic carbocycles. The second kappa shape index (κ2) is 5.93. The van der Waals surface area contributed by atoms with Gasteiger partial charge in [0.15, 0.2) is 0 Å². The molecule has 19 heavy (non-hydrogen) atoms. The summed E-state index contributed by atoms with van der Waals surface area (Å²) in [7, 11) is 1.60. The van der Waals surface area contributed by atoms with Crippen molar-refractivity contribution in [3.63, 3.8) is 0 Å². The number of hydrogen-bond acceptors (Lipinski definition) is 4. The number of rotatable bonds is 4. The largest absolute Gasteiger partial charge is 0.399 e. The van der Waals surface area contributed by atoms with Crippen molar-refractivity contribution >= 4 is 17.3 Å². The van der Waals surface area contributed by atoms with Gasteiger partial charge in [-0.15, -0.1) is 0 Å². The Morgan fingerprint density at radius 3 is 2.89 bits per heavy atom. The molecule has 2 atom stereocenters. The monoisotopic (exact) mass is 263 g/mol. The normalized spacial score (nSPS) is 22.2. The van der Waals surface area contributed by atoms with Crippen molar-refractivity contribution < 1.29 is 9.90 Å². The van der Waals surface area contributed by atoms with E-state index < -0.39 is 0 Å². The predicted octanol–water partition coefficient (Wildman–Crippen LogP) is 1.20. The maximum atomic E-state index is 11.8. The molecule has 1 aromatic rings. The van der Waals surface area contributed by atoms with E-state index in [4.69, 9.17) is 5.73 Å². The average Bonchev–Trinajstić information content (AvgIpc) is 2.81. The Hall–Kier alpha value is -1.75. The summed E-state index contributed by atoms with van der Waals surface area (Å²) in [4.78, 5) is 11.8. The molecule has 5 N–H and O–H groups in total. The SMILES string of the molecule is CNC(=O)c1ccc(N)cc1NCC1CCCC1O. The minimum absolute atomic E-state index is 0.144. The number of nitrogens with one attached hydrogen (secondary N) is 2. The zero-order valence-electron chi connectivity index (χ0n) is 11.1. The molecule has 0 aliphatic heterocycles. The topological polar surface area (TPSA) is 87.4 Å². The van der Waals surface area contributed by atoms with Crippen LogP contribution < -0.4 is 16.4 Å². The van der Waals surface area contributed by atoms with E-state index in [1.807, 2.05) is 0 Å². The number of nitrogen functional groups attached to an aromatic ring is 1. The first-order valence-corrected chi connectivity index (χ1v) is 6.65. The number of aliphatic hydroxyl groups is 1. The molecule has 2 rings (SSSR count). The van der Waals surface area contributed by atoms with Crippen molar-refractivity contribution in [2.24, 2.45) is 5.92 Å². The molecule has 1 aromatic carbocycles. The van der Waals surface area contributed by atoms with Crippen LogP contribution in [0.3, 0.4) is 0 Å². The van der Waals surface area contributed by atoms with E-state index >= 15 is 0 Å². The Labute approximate surface area is 113 Å². The second-order valence-electron chi connectivity index (χ2n) is 5.02. The Morgan fingerprint density at radius 2 is 2.26 bits per heavy atom. The smallest absolute Gasteiger partial charge is 0.253 e. The molecule has 5 heteroatoms. The predicted molar refractivity (Wildman–Crippen MR) is 76.1 cm³/mol. The average molecular weight is 263 g/mol. The van der Waals surface area contributed by atoms with E-state index in [-0.39, 0.29) is 17.9 Å². The van der Waals surface area contributed by atoms with Gasteiger partial charge in [-0.2, -0.15) is 0 Å². The lowest BCUT2D eigenvalue weighted by molar-refractivity contribution is 0.0964. The van der Waals surface area contributed by atoms with E-state index in [1.54, 1.807) is 25.2 Å². The molecular formula is C14H21N3O2. The zero-order valence-corrected chi connectivity index (χ0v) is 11.1. The third-order valence-corrected chi connectivity index (χ3v) is 3.69. The molecule has 0 saturated heterocycles. The number of hydrogen-bond donors (Lipinski definition) is 4. The highest BCUT2D eigenvalue weighted by Crippen LogP contribution is 2.27. The number of carbonyl (C=O) groups excluding carboxylic acids is 1. The van der Waals surface area contributed by atoms with Gasteiger partial charge in [0, 0.05) is 30.9 Å². The Kier molecular flexibility index (Phi) is 4.27. The van der Waals surface area contributed by atoms with Crippen LogP contribution in [0, 0.1) is 5.92 Å². The molecule has 104 valence electrons. The second-order valence-corrected chi connectivity index (χ2v) is 5.02. The number of aliphatic hydroxyl groups excluding tert-OH is 1. The van der Waals surface area contributed by atoms with Crippen LogP contribution >= 0.6 is 0 Å². The highest BCUT2D eigenvalue weighted by Gasteiger charge is 2.25. The van der Waals surface area contributed by atoms with Crippen molar-refractivity contribution in [2.45, 2.75) is 25.4 Å². The van der Waals surface area contributed by atoms with E-state index in [0.717, 1.165) is 24.9 Å². The highest BCUT2D eigenvalue weighted by atomic mass is 16.3. The third-order valence-electron chi connectivity index (χ3n) is 3.69. The first-order valence-electron chi connectivity index (χ1n) is 6.65. The van der Waals surface area contributed by atoms with Gasteiger partial charge in [-0.05, 0) is 31.0 Å². The van der Waals surface area contributed by atoms with Crippen LogP contribution in [0.5, 0.6) is 0 Å². The van der Waals surface area contributed by atoms with Crippen molar-refractivity contribution in [1.29, 1.82) is 0 Å². The van der Waals surface area contributed by atoms with Crippen LogP contribution in [0.25, 0.3) is 0 Å². The van der Waals surface area contributed by atoms with E-state index in [2.05, 4.69) is 10.6 Å². The summed E-state index contributed by atoms with van der Waals surface area (Å²) in [5, 5.41) is 15.7. The summed E-state index contributed by atoms with van der Waals surface area (Å²) in [6.07, 6.45) is 2.71. The van der Waals surface area contributed by atoms with Gasteiger partial charge in [-0.25, -0.2) is 0 Å². The van der Waals surface area contributed by atoms with Crippen LogP contribution in [0.4, 0.5) is 11.4 Å². The van der Waals surface area contributed by atoms with Gasteiger partial charge in [-0.3, -0.25) is 4.79 Å². The number of nitrogens with two attached hydrogens (primary N) is 1. The highest BCUT2D eigenvalue weighted by molar-refractivity contribution is 6.00. The Bertz CT molecular complexity index is 462. The number of anilines is 2. The first-order chi connectivity index (χ1) is 9.11. The standard InChI is InChI=1S/C14H21N3O2/c1-16-14(19)11-6-5-10(15)7-12(11)17-8-9-3-2-4-13(9)18/h5-7,9,13,17-18H,2-4,8,15H2,1H3,(H,16,19). The molecule has 0 aromatic heterocycles. The fourth-order valence-electron chi connectivity index (χ4n) is 2.54. The first kappa shape index (κ1) is 13.7. The quantitative estimate of drug-likeness (QED) is 0.615. The number of carbonyl (C=O) groups is 1. The van der Waals surface area contributed by atoms with Crippen molar-refractivity contribution in [3.8, 4) is 0 Å². The summed E-state index contributed by atoms with van der Waals surface area (Å²) in [5.74, 6) is 0.105. The van der Waals surface area contributed by atoms with Crippen LogP contribution in [-0.2, 0) is 0 Å². The van der Waals surface area contributed by atoms with Crippen LogP contribution in [0.15, 0.2) is 18.2 Å². The van der Waals surface area contributed by atoms with Gasteiger partial charge in [0.1, 0.15) is 0 Å². The minimum Gasteiger partial charge on any atom is -0.399 e. The van der Waals surface area contributed by atoms with Gasteiger partial charge in [0.05, 0.1) is 11.7 Å².